The number of anilines is 3. The number of nitrogens with zero attached hydrogens (tertiary/aromatic N) is 3. The van der Waals surface area contributed by atoms with Crippen molar-refractivity contribution in [1.82, 2.24) is 15.2 Å². The molecule has 5 nitrogen and oxygen atoms in total. The van der Waals surface area contributed by atoms with Crippen molar-refractivity contribution in [2.75, 3.05) is 17.2 Å². The minimum absolute atomic E-state index is 0.131. The van der Waals surface area contributed by atoms with E-state index in [2.05, 4.69) is 32.7 Å². The maximum atomic E-state index is 13.5. The standard InChI is InChI=1S/C13H15F2N5/c1-2-3-6-16-13-19-12(8-17-20-13)18-11-5-4-9(14)7-10(11)15/h4-5,7-8H,2-3,6H2,1H3,(H2,16,18,19,20). The lowest BCUT2D eigenvalue weighted by molar-refractivity contribution is 0.586. The van der Waals surface area contributed by atoms with Crippen LogP contribution in [-0.4, -0.2) is 21.7 Å². The summed E-state index contributed by atoms with van der Waals surface area (Å²) in [6.45, 7) is 2.82. The van der Waals surface area contributed by atoms with Crippen LogP contribution < -0.4 is 10.6 Å². The van der Waals surface area contributed by atoms with E-state index in [9.17, 15) is 8.78 Å². The molecule has 0 fully saturated rings. The topological polar surface area (TPSA) is 62.7 Å². The Hall–Kier alpha value is -2.31. The molecule has 0 atom stereocenters. The summed E-state index contributed by atoms with van der Waals surface area (Å²) in [7, 11) is 0. The van der Waals surface area contributed by atoms with Crippen molar-refractivity contribution in [3.05, 3.63) is 36.0 Å². The average molecular weight is 279 g/mol. The van der Waals surface area contributed by atoms with Crippen LogP contribution in [-0.2, 0) is 0 Å². The van der Waals surface area contributed by atoms with Crippen molar-refractivity contribution in [2.24, 2.45) is 0 Å². The van der Waals surface area contributed by atoms with Gasteiger partial charge in [-0.2, -0.15) is 10.1 Å². The fraction of sp³-hybridized carbons (Fsp3) is 0.308. The van der Waals surface area contributed by atoms with E-state index in [4.69, 9.17) is 0 Å². The lowest BCUT2D eigenvalue weighted by atomic mass is 10.3. The summed E-state index contributed by atoms with van der Waals surface area (Å²) >= 11 is 0. The van der Waals surface area contributed by atoms with Crippen molar-refractivity contribution >= 4 is 17.5 Å². The molecule has 0 saturated carbocycles. The normalized spacial score (nSPS) is 10.3. The molecule has 2 N–H and O–H groups in total. The van der Waals surface area contributed by atoms with Crippen LogP contribution in [0.15, 0.2) is 24.4 Å². The molecule has 0 amide bonds. The van der Waals surface area contributed by atoms with Crippen LogP contribution in [0.1, 0.15) is 19.8 Å². The van der Waals surface area contributed by atoms with Gasteiger partial charge in [0.2, 0.25) is 5.95 Å². The van der Waals surface area contributed by atoms with Gasteiger partial charge in [-0.3, -0.25) is 0 Å². The third-order valence-electron chi connectivity index (χ3n) is 2.57. The van der Waals surface area contributed by atoms with Gasteiger partial charge in [-0.05, 0) is 18.6 Å². The molecule has 0 spiro atoms. The van der Waals surface area contributed by atoms with E-state index in [-0.39, 0.29) is 5.69 Å². The highest BCUT2D eigenvalue weighted by Crippen LogP contribution is 2.19. The van der Waals surface area contributed by atoms with E-state index in [0.29, 0.717) is 11.8 Å². The van der Waals surface area contributed by atoms with Crippen molar-refractivity contribution in [3.8, 4) is 0 Å². The van der Waals surface area contributed by atoms with Crippen LogP contribution >= 0.6 is 0 Å². The van der Waals surface area contributed by atoms with Gasteiger partial charge in [0.15, 0.2) is 5.82 Å². The fourth-order valence-corrected chi connectivity index (χ4v) is 1.54. The summed E-state index contributed by atoms with van der Waals surface area (Å²) in [6.07, 6.45) is 3.42. The zero-order valence-electron chi connectivity index (χ0n) is 11.0. The molecule has 0 radical (unpaired) electrons. The van der Waals surface area contributed by atoms with E-state index in [0.717, 1.165) is 25.5 Å². The smallest absolute Gasteiger partial charge is 0.244 e. The highest BCUT2D eigenvalue weighted by atomic mass is 19.1. The van der Waals surface area contributed by atoms with E-state index >= 15 is 0 Å². The van der Waals surface area contributed by atoms with Crippen LogP contribution in [0, 0.1) is 11.6 Å². The molecule has 0 unspecified atom stereocenters. The van der Waals surface area contributed by atoms with Gasteiger partial charge in [0.25, 0.3) is 0 Å². The number of hydrogen-bond acceptors (Lipinski definition) is 5. The molecule has 7 heteroatoms. The monoisotopic (exact) mass is 279 g/mol. The van der Waals surface area contributed by atoms with E-state index in [1.165, 1.54) is 18.3 Å². The molecule has 1 heterocycles. The maximum Gasteiger partial charge on any atom is 0.244 e. The minimum atomic E-state index is -0.691. The molecule has 0 aliphatic rings. The van der Waals surface area contributed by atoms with Crippen LogP contribution in [0.2, 0.25) is 0 Å². The van der Waals surface area contributed by atoms with Gasteiger partial charge in [0.1, 0.15) is 11.6 Å². The molecule has 1 aromatic heterocycles. The van der Waals surface area contributed by atoms with Gasteiger partial charge < -0.3 is 10.6 Å². The number of unbranched alkanes of at least 4 members (excludes halogenated alkanes) is 1. The Morgan fingerprint density at radius 3 is 2.85 bits per heavy atom. The third kappa shape index (κ3) is 3.84. The Morgan fingerprint density at radius 1 is 1.25 bits per heavy atom. The number of aromatic nitrogens is 3. The Balaban J connectivity index is 2.07. The predicted molar refractivity (Wildman–Crippen MR) is 72.9 cm³/mol. The Morgan fingerprint density at radius 2 is 2.10 bits per heavy atom. The first-order valence-corrected chi connectivity index (χ1v) is 6.34. The molecule has 20 heavy (non-hydrogen) atoms. The van der Waals surface area contributed by atoms with E-state index in [1.807, 2.05) is 0 Å². The molecule has 0 aliphatic carbocycles. The summed E-state index contributed by atoms with van der Waals surface area (Å²) in [5, 5.41) is 13.3. The van der Waals surface area contributed by atoms with Gasteiger partial charge in [-0.25, -0.2) is 8.78 Å². The summed E-state index contributed by atoms with van der Waals surface area (Å²) in [4.78, 5) is 4.15. The van der Waals surface area contributed by atoms with Crippen LogP contribution in [0.25, 0.3) is 0 Å². The summed E-state index contributed by atoms with van der Waals surface area (Å²) in [5.41, 5.74) is 0.131. The Labute approximate surface area is 115 Å². The van der Waals surface area contributed by atoms with Gasteiger partial charge >= 0.3 is 0 Å². The quantitative estimate of drug-likeness (QED) is 0.795. The first-order chi connectivity index (χ1) is 9.69. The van der Waals surface area contributed by atoms with Crippen LogP contribution in [0.5, 0.6) is 0 Å². The second kappa shape index (κ2) is 6.74. The predicted octanol–water partition coefficient (Wildman–Crippen LogP) is 3.11. The lowest BCUT2D eigenvalue weighted by Gasteiger charge is -2.08. The largest absolute Gasteiger partial charge is 0.353 e. The van der Waals surface area contributed by atoms with Crippen molar-refractivity contribution < 1.29 is 8.78 Å². The highest BCUT2D eigenvalue weighted by Gasteiger charge is 2.06. The summed E-state index contributed by atoms with van der Waals surface area (Å²) < 4.78 is 26.3. The average Bonchev–Trinajstić information content (AvgIpc) is 2.43. The number of rotatable bonds is 6. The maximum absolute atomic E-state index is 13.5. The number of nitrogens with one attached hydrogen (secondary N) is 2. The van der Waals surface area contributed by atoms with Crippen molar-refractivity contribution in [3.63, 3.8) is 0 Å². The van der Waals surface area contributed by atoms with E-state index < -0.39 is 11.6 Å². The summed E-state index contributed by atoms with van der Waals surface area (Å²) in [5.74, 6) is -0.615. The number of halogens is 2. The van der Waals surface area contributed by atoms with Crippen molar-refractivity contribution in [1.29, 1.82) is 0 Å². The van der Waals surface area contributed by atoms with Crippen LogP contribution in [0.4, 0.5) is 26.2 Å². The van der Waals surface area contributed by atoms with Gasteiger partial charge in [0.05, 0.1) is 11.9 Å². The fourth-order valence-electron chi connectivity index (χ4n) is 1.54. The molecule has 0 bridgehead atoms. The zero-order chi connectivity index (χ0) is 14.4. The number of benzene rings is 1. The molecular weight excluding hydrogens is 264 g/mol. The van der Waals surface area contributed by atoms with Gasteiger partial charge in [0, 0.05) is 12.6 Å². The number of hydrogen-bond donors (Lipinski definition) is 2. The zero-order valence-corrected chi connectivity index (χ0v) is 11.0. The third-order valence-corrected chi connectivity index (χ3v) is 2.57. The molecule has 2 rings (SSSR count). The van der Waals surface area contributed by atoms with Crippen LogP contribution in [0.3, 0.4) is 0 Å². The highest BCUT2D eigenvalue weighted by molar-refractivity contribution is 5.56. The molecule has 106 valence electrons. The second-order valence-electron chi connectivity index (χ2n) is 4.19. The second-order valence-corrected chi connectivity index (χ2v) is 4.19. The SMILES string of the molecule is CCCCNc1nncc(Nc2ccc(F)cc2F)n1. The first-order valence-electron chi connectivity index (χ1n) is 6.34. The molecule has 0 saturated heterocycles. The Bertz CT molecular complexity index is 576. The minimum Gasteiger partial charge on any atom is -0.353 e. The Kier molecular flexibility index (Phi) is 4.75. The van der Waals surface area contributed by atoms with Crippen molar-refractivity contribution in [2.45, 2.75) is 19.8 Å². The molecular formula is C13H15F2N5. The first kappa shape index (κ1) is 14.1. The lowest BCUT2D eigenvalue weighted by Crippen LogP contribution is -2.07. The molecule has 2 aromatic rings. The molecule has 0 aliphatic heterocycles. The van der Waals surface area contributed by atoms with Gasteiger partial charge in [-0.15, -0.1) is 5.10 Å². The summed E-state index contributed by atoms with van der Waals surface area (Å²) in [6, 6.07) is 3.27. The van der Waals surface area contributed by atoms with E-state index in [1.54, 1.807) is 0 Å². The molecule has 1 aromatic carbocycles. The van der Waals surface area contributed by atoms with Gasteiger partial charge in [-0.1, -0.05) is 13.3 Å².